The Kier molecular flexibility index (Phi) is 3.58. The molecule has 2 rings (SSSR count). The van der Waals surface area contributed by atoms with Gasteiger partial charge in [0.1, 0.15) is 15.8 Å². The van der Waals surface area contributed by atoms with Gasteiger partial charge in [0.2, 0.25) is 5.91 Å². The first-order valence-electron chi connectivity index (χ1n) is 5.75. The third kappa shape index (κ3) is 2.47. The van der Waals surface area contributed by atoms with Crippen LogP contribution in [-0.2, 0) is 4.79 Å². The summed E-state index contributed by atoms with van der Waals surface area (Å²) in [7, 11) is 3.09. The third-order valence-electron chi connectivity index (χ3n) is 3.42. The van der Waals surface area contributed by atoms with E-state index in [9.17, 15) is 4.79 Å². The molecule has 0 aromatic heterocycles. The quantitative estimate of drug-likeness (QED) is 0.869. The largest absolute Gasteiger partial charge is 0.497 e. The van der Waals surface area contributed by atoms with Crippen LogP contribution in [0.25, 0.3) is 0 Å². The van der Waals surface area contributed by atoms with Gasteiger partial charge < -0.3 is 14.8 Å². The van der Waals surface area contributed by atoms with Crippen LogP contribution < -0.4 is 14.8 Å². The molecule has 0 saturated heterocycles. The van der Waals surface area contributed by atoms with E-state index in [4.69, 9.17) is 32.7 Å². The number of benzene rings is 1. The third-order valence-corrected chi connectivity index (χ3v) is 4.52. The minimum Gasteiger partial charge on any atom is -0.497 e. The number of ether oxygens (including phenoxy) is 2. The molecule has 1 amide bonds. The molecule has 0 spiro atoms. The number of nitrogens with one attached hydrogen (secondary N) is 1. The number of rotatable bonds is 4. The molecule has 1 aliphatic carbocycles. The maximum absolute atomic E-state index is 12.2. The Labute approximate surface area is 122 Å². The van der Waals surface area contributed by atoms with Gasteiger partial charge in [0.25, 0.3) is 0 Å². The molecule has 1 unspecified atom stereocenters. The van der Waals surface area contributed by atoms with Crippen molar-refractivity contribution in [1.82, 2.24) is 0 Å². The molecule has 1 aromatic carbocycles. The van der Waals surface area contributed by atoms with Crippen LogP contribution in [0.5, 0.6) is 11.5 Å². The molecule has 1 fully saturated rings. The van der Waals surface area contributed by atoms with Crippen LogP contribution in [0.1, 0.15) is 13.3 Å². The van der Waals surface area contributed by atoms with Gasteiger partial charge in [-0.15, -0.1) is 23.2 Å². The predicted molar refractivity (Wildman–Crippen MR) is 75.3 cm³/mol. The van der Waals surface area contributed by atoms with Crippen molar-refractivity contribution < 1.29 is 14.3 Å². The Morgan fingerprint density at radius 2 is 1.95 bits per heavy atom. The zero-order chi connectivity index (χ0) is 14.3. The fourth-order valence-electron chi connectivity index (χ4n) is 1.81. The van der Waals surface area contributed by atoms with Crippen LogP contribution in [0.15, 0.2) is 18.2 Å². The zero-order valence-electron chi connectivity index (χ0n) is 10.9. The first kappa shape index (κ1) is 14.3. The van der Waals surface area contributed by atoms with Crippen molar-refractivity contribution in [3.8, 4) is 11.5 Å². The molecule has 0 bridgehead atoms. The number of hydrogen-bond donors (Lipinski definition) is 1. The van der Waals surface area contributed by atoms with Crippen LogP contribution in [-0.4, -0.2) is 24.5 Å². The van der Waals surface area contributed by atoms with Gasteiger partial charge in [-0.2, -0.15) is 0 Å². The zero-order valence-corrected chi connectivity index (χ0v) is 12.4. The van der Waals surface area contributed by atoms with E-state index in [1.807, 2.05) is 0 Å². The highest BCUT2D eigenvalue weighted by atomic mass is 35.5. The van der Waals surface area contributed by atoms with Crippen molar-refractivity contribution in [2.24, 2.45) is 5.41 Å². The Morgan fingerprint density at radius 1 is 1.32 bits per heavy atom. The summed E-state index contributed by atoms with van der Waals surface area (Å²) in [6.07, 6.45) is 0.438. The monoisotopic (exact) mass is 303 g/mol. The summed E-state index contributed by atoms with van der Waals surface area (Å²) in [5, 5.41) is 2.78. The first-order valence-corrected chi connectivity index (χ1v) is 6.51. The second kappa shape index (κ2) is 4.76. The van der Waals surface area contributed by atoms with Crippen molar-refractivity contribution in [1.29, 1.82) is 0 Å². The Morgan fingerprint density at radius 3 is 2.42 bits per heavy atom. The lowest BCUT2D eigenvalue weighted by Crippen LogP contribution is -2.26. The average Bonchev–Trinajstić information content (AvgIpc) is 2.90. The normalized spacial score (nSPS) is 23.6. The molecule has 0 aliphatic heterocycles. The summed E-state index contributed by atoms with van der Waals surface area (Å²) in [6, 6.07) is 5.15. The van der Waals surface area contributed by atoms with Gasteiger partial charge in [0.15, 0.2) is 0 Å². The smallest absolute Gasteiger partial charge is 0.233 e. The second-order valence-corrected chi connectivity index (χ2v) is 6.22. The molecule has 0 radical (unpaired) electrons. The SMILES string of the molecule is COc1ccc(NC(=O)C2(C)CC2(Cl)Cl)c(OC)c1. The molecule has 104 valence electrons. The summed E-state index contributed by atoms with van der Waals surface area (Å²) >= 11 is 12.0. The highest BCUT2D eigenvalue weighted by Crippen LogP contribution is 2.64. The molecule has 1 saturated carbocycles. The molecule has 1 N–H and O–H groups in total. The van der Waals surface area contributed by atoms with E-state index in [0.29, 0.717) is 23.6 Å². The van der Waals surface area contributed by atoms with Crippen LogP contribution >= 0.6 is 23.2 Å². The highest BCUT2D eigenvalue weighted by Gasteiger charge is 2.67. The number of amides is 1. The maximum atomic E-state index is 12.2. The van der Waals surface area contributed by atoms with E-state index in [2.05, 4.69) is 5.32 Å². The second-order valence-electron chi connectivity index (χ2n) is 4.73. The predicted octanol–water partition coefficient (Wildman–Crippen LogP) is 3.23. The number of anilines is 1. The summed E-state index contributed by atoms with van der Waals surface area (Å²) in [5.41, 5.74) is -0.202. The molecule has 1 aliphatic rings. The molecule has 1 aromatic rings. The number of methoxy groups -OCH3 is 2. The van der Waals surface area contributed by atoms with Crippen molar-refractivity contribution >= 4 is 34.8 Å². The van der Waals surface area contributed by atoms with E-state index >= 15 is 0 Å². The van der Waals surface area contributed by atoms with Gasteiger partial charge in [-0.1, -0.05) is 0 Å². The first-order chi connectivity index (χ1) is 8.84. The standard InChI is InChI=1S/C13H15Cl2NO3/c1-12(7-13(12,14)15)11(17)16-9-5-4-8(18-2)6-10(9)19-3/h4-6H,7H2,1-3H3,(H,16,17). The van der Waals surface area contributed by atoms with Crippen molar-refractivity contribution in [3.05, 3.63) is 18.2 Å². The fourth-order valence-corrected chi connectivity index (χ4v) is 2.51. The number of hydrogen-bond acceptors (Lipinski definition) is 3. The Hall–Kier alpha value is -1.13. The van der Waals surface area contributed by atoms with Gasteiger partial charge in [0.05, 0.1) is 25.3 Å². The minimum absolute atomic E-state index is 0.221. The van der Waals surface area contributed by atoms with Gasteiger partial charge in [-0.3, -0.25) is 4.79 Å². The summed E-state index contributed by atoms with van der Waals surface area (Å²) in [4.78, 5) is 12.2. The molecule has 6 heteroatoms. The van der Waals surface area contributed by atoms with Gasteiger partial charge >= 0.3 is 0 Å². The van der Waals surface area contributed by atoms with Crippen molar-refractivity contribution in [2.75, 3.05) is 19.5 Å². The van der Waals surface area contributed by atoms with E-state index in [1.165, 1.54) is 7.11 Å². The van der Waals surface area contributed by atoms with E-state index in [1.54, 1.807) is 32.2 Å². The highest BCUT2D eigenvalue weighted by molar-refractivity contribution is 6.53. The van der Waals surface area contributed by atoms with E-state index in [0.717, 1.165) is 0 Å². The summed E-state index contributed by atoms with van der Waals surface area (Å²) in [6.45, 7) is 1.73. The Balaban J connectivity index is 2.18. The van der Waals surface area contributed by atoms with Gasteiger partial charge in [-0.05, 0) is 25.5 Å². The van der Waals surface area contributed by atoms with E-state index < -0.39 is 9.75 Å². The number of halogens is 2. The maximum Gasteiger partial charge on any atom is 0.233 e. The molecular formula is C13H15Cl2NO3. The van der Waals surface area contributed by atoms with Crippen LogP contribution in [0, 0.1) is 5.41 Å². The van der Waals surface area contributed by atoms with Crippen molar-refractivity contribution in [2.45, 2.75) is 17.7 Å². The van der Waals surface area contributed by atoms with Gasteiger partial charge in [-0.25, -0.2) is 0 Å². The lowest BCUT2D eigenvalue weighted by molar-refractivity contribution is -0.120. The molecule has 0 heterocycles. The molecule has 19 heavy (non-hydrogen) atoms. The summed E-state index contributed by atoms with van der Waals surface area (Å²) < 4.78 is 9.32. The molecule has 4 nitrogen and oxygen atoms in total. The molecule has 1 atom stereocenters. The van der Waals surface area contributed by atoms with E-state index in [-0.39, 0.29) is 5.91 Å². The fraction of sp³-hybridized carbons (Fsp3) is 0.462. The van der Waals surface area contributed by atoms with Crippen LogP contribution in [0.3, 0.4) is 0 Å². The van der Waals surface area contributed by atoms with Crippen molar-refractivity contribution in [3.63, 3.8) is 0 Å². The van der Waals surface area contributed by atoms with Crippen LogP contribution in [0.4, 0.5) is 5.69 Å². The summed E-state index contributed by atoms with van der Waals surface area (Å²) in [5.74, 6) is 0.948. The molecular weight excluding hydrogens is 289 g/mol. The topological polar surface area (TPSA) is 47.6 Å². The van der Waals surface area contributed by atoms with Gasteiger partial charge in [0, 0.05) is 6.07 Å². The lowest BCUT2D eigenvalue weighted by atomic mass is 10.1. The number of alkyl halides is 2. The number of carbonyl (C=O) groups is 1. The minimum atomic E-state index is -0.989. The lowest BCUT2D eigenvalue weighted by Gasteiger charge is -2.15. The Bertz CT molecular complexity index is 519. The van der Waals surface area contributed by atoms with Crippen LogP contribution in [0.2, 0.25) is 0 Å². The number of carbonyl (C=O) groups excluding carboxylic acids is 1. The average molecular weight is 304 g/mol.